The van der Waals surface area contributed by atoms with E-state index >= 15 is 0 Å². The van der Waals surface area contributed by atoms with Gasteiger partial charge in [-0.25, -0.2) is 0 Å². The number of pyridine rings is 1. The lowest BCUT2D eigenvalue weighted by Gasteiger charge is -2.04. The largest absolute Gasteiger partial charge is 0.492 e. The maximum atomic E-state index is 12.1. The number of ether oxygens (including phenoxy) is 1. The van der Waals surface area contributed by atoms with E-state index < -0.39 is 0 Å². The molecule has 2 aromatic rings. The van der Waals surface area contributed by atoms with E-state index in [9.17, 15) is 4.79 Å². The molecule has 0 aliphatic heterocycles. The van der Waals surface area contributed by atoms with Crippen molar-refractivity contribution in [2.45, 2.75) is 13.3 Å². The number of carbonyl (C=O) groups is 1. The molecule has 0 aromatic carbocycles. The van der Waals surface area contributed by atoms with Crippen LogP contribution in [0.2, 0.25) is 0 Å². The Hall–Kier alpha value is -1.62. The summed E-state index contributed by atoms with van der Waals surface area (Å²) in [5.41, 5.74) is 0.449. The number of furan rings is 1. The van der Waals surface area contributed by atoms with Crippen molar-refractivity contribution in [3.05, 3.63) is 46.6 Å². The smallest absolute Gasteiger partial charge is 0.229 e. The highest BCUT2D eigenvalue weighted by Gasteiger charge is 2.14. The molecule has 0 amide bonds. The van der Waals surface area contributed by atoms with E-state index in [1.807, 2.05) is 6.92 Å². The molecule has 0 atom stereocenters. The summed E-state index contributed by atoms with van der Waals surface area (Å²) in [4.78, 5) is 16.1. The lowest BCUT2D eigenvalue weighted by Crippen LogP contribution is -2.02. The first-order chi connectivity index (χ1) is 8.70. The quantitative estimate of drug-likeness (QED) is 0.794. The maximum Gasteiger partial charge on any atom is 0.229 e. The molecule has 0 fully saturated rings. The molecule has 5 heteroatoms. The highest BCUT2D eigenvalue weighted by molar-refractivity contribution is 9.10. The molecule has 2 heterocycles. The Morgan fingerprint density at radius 1 is 1.44 bits per heavy atom. The molecule has 0 spiro atoms. The number of carbonyl (C=O) groups excluding carboxylic acids is 1. The van der Waals surface area contributed by atoms with Gasteiger partial charge in [0.2, 0.25) is 5.78 Å². The second-order valence-corrected chi connectivity index (χ2v) is 4.47. The van der Waals surface area contributed by atoms with E-state index in [1.54, 1.807) is 24.4 Å². The Kier molecular flexibility index (Phi) is 4.15. The minimum absolute atomic E-state index is 0.213. The Morgan fingerprint density at radius 2 is 2.28 bits per heavy atom. The summed E-state index contributed by atoms with van der Waals surface area (Å²) in [6, 6.07) is 4.96. The van der Waals surface area contributed by atoms with Crippen molar-refractivity contribution in [2.75, 3.05) is 6.61 Å². The van der Waals surface area contributed by atoms with Gasteiger partial charge in [-0.3, -0.25) is 9.78 Å². The number of rotatable bonds is 5. The van der Waals surface area contributed by atoms with Crippen LogP contribution in [0.3, 0.4) is 0 Å². The highest BCUT2D eigenvalue weighted by Crippen LogP contribution is 2.19. The monoisotopic (exact) mass is 309 g/mol. The van der Waals surface area contributed by atoms with E-state index in [4.69, 9.17) is 9.15 Å². The standard InChI is InChI=1S/C13H12BrNO3/c1-2-5-17-10-6-9(7-15-8-10)13(16)11-3-4-12(14)18-11/h3-4,6-8H,2,5H2,1H3. The third-order valence-corrected chi connectivity index (χ3v) is 2.67. The first-order valence-electron chi connectivity index (χ1n) is 5.58. The van der Waals surface area contributed by atoms with Crippen LogP contribution in [0, 0.1) is 0 Å². The number of nitrogens with zero attached hydrogens (tertiary/aromatic N) is 1. The number of halogens is 1. The average Bonchev–Trinajstić information content (AvgIpc) is 2.82. The fourth-order valence-electron chi connectivity index (χ4n) is 1.42. The van der Waals surface area contributed by atoms with Gasteiger partial charge in [0.1, 0.15) is 5.75 Å². The van der Waals surface area contributed by atoms with Gasteiger partial charge >= 0.3 is 0 Å². The number of aromatic nitrogens is 1. The number of hydrogen-bond acceptors (Lipinski definition) is 4. The van der Waals surface area contributed by atoms with Crippen LogP contribution in [0.4, 0.5) is 0 Å². The molecular weight excluding hydrogens is 298 g/mol. The molecule has 0 radical (unpaired) electrons. The van der Waals surface area contributed by atoms with Gasteiger partial charge in [-0.1, -0.05) is 6.92 Å². The summed E-state index contributed by atoms with van der Waals surface area (Å²) < 4.78 is 11.2. The Balaban J connectivity index is 2.20. The van der Waals surface area contributed by atoms with Gasteiger partial charge in [0.25, 0.3) is 0 Å². The summed E-state index contributed by atoms with van der Waals surface area (Å²) in [6.07, 6.45) is 3.99. The fraction of sp³-hybridized carbons (Fsp3) is 0.231. The second-order valence-electron chi connectivity index (χ2n) is 3.69. The second kappa shape index (κ2) is 5.82. The van der Waals surface area contributed by atoms with E-state index in [1.165, 1.54) is 6.20 Å². The van der Waals surface area contributed by atoms with Crippen molar-refractivity contribution in [1.29, 1.82) is 0 Å². The molecule has 18 heavy (non-hydrogen) atoms. The van der Waals surface area contributed by atoms with E-state index in [0.29, 0.717) is 22.6 Å². The molecule has 0 saturated heterocycles. The zero-order chi connectivity index (χ0) is 13.0. The van der Waals surface area contributed by atoms with Crippen molar-refractivity contribution in [2.24, 2.45) is 0 Å². The topological polar surface area (TPSA) is 52.3 Å². The van der Waals surface area contributed by atoms with Crippen LogP contribution in [0.25, 0.3) is 0 Å². The number of ketones is 1. The average molecular weight is 310 g/mol. The number of hydrogen-bond donors (Lipinski definition) is 0. The summed E-state index contributed by atoms with van der Waals surface area (Å²) in [6.45, 7) is 2.62. The molecule has 2 rings (SSSR count). The van der Waals surface area contributed by atoms with Gasteiger partial charge in [0, 0.05) is 11.8 Å². The van der Waals surface area contributed by atoms with Crippen LogP contribution in [0.5, 0.6) is 5.75 Å². The van der Waals surface area contributed by atoms with Crippen LogP contribution in [-0.4, -0.2) is 17.4 Å². The van der Waals surface area contributed by atoms with Crippen LogP contribution in [0.1, 0.15) is 29.5 Å². The lowest BCUT2D eigenvalue weighted by atomic mass is 10.1. The normalized spacial score (nSPS) is 10.3. The molecular formula is C13H12BrNO3. The molecule has 0 bridgehead atoms. The van der Waals surface area contributed by atoms with Crippen LogP contribution < -0.4 is 4.74 Å². The molecule has 0 aliphatic carbocycles. The van der Waals surface area contributed by atoms with Gasteiger partial charge in [-0.15, -0.1) is 0 Å². The molecule has 0 N–H and O–H groups in total. The Labute approximate surface area is 113 Å². The van der Waals surface area contributed by atoms with Gasteiger partial charge in [-0.05, 0) is 40.5 Å². The molecule has 0 saturated carbocycles. The van der Waals surface area contributed by atoms with Gasteiger partial charge in [-0.2, -0.15) is 0 Å². The zero-order valence-electron chi connectivity index (χ0n) is 9.85. The third kappa shape index (κ3) is 2.98. The van der Waals surface area contributed by atoms with Gasteiger partial charge in [0.15, 0.2) is 10.4 Å². The SMILES string of the molecule is CCCOc1cncc(C(=O)c2ccc(Br)o2)c1. The predicted octanol–water partition coefficient (Wildman–Crippen LogP) is 3.46. The van der Waals surface area contributed by atoms with E-state index in [2.05, 4.69) is 20.9 Å². The highest BCUT2D eigenvalue weighted by atomic mass is 79.9. The molecule has 4 nitrogen and oxygen atoms in total. The summed E-state index contributed by atoms with van der Waals surface area (Å²) in [7, 11) is 0. The van der Waals surface area contributed by atoms with Crippen LogP contribution in [-0.2, 0) is 0 Å². The van der Waals surface area contributed by atoms with Gasteiger partial charge < -0.3 is 9.15 Å². The van der Waals surface area contributed by atoms with Crippen molar-refractivity contribution < 1.29 is 13.9 Å². The van der Waals surface area contributed by atoms with E-state index in [0.717, 1.165) is 6.42 Å². The first-order valence-corrected chi connectivity index (χ1v) is 6.38. The Morgan fingerprint density at radius 3 is 2.94 bits per heavy atom. The molecule has 0 aliphatic rings. The van der Waals surface area contributed by atoms with Crippen molar-refractivity contribution >= 4 is 21.7 Å². The zero-order valence-corrected chi connectivity index (χ0v) is 11.4. The van der Waals surface area contributed by atoms with Crippen molar-refractivity contribution in [3.63, 3.8) is 0 Å². The fourth-order valence-corrected chi connectivity index (χ4v) is 1.73. The van der Waals surface area contributed by atoms with Crippen molar-refractivity contribution in [3.8, 4) is 5.75 Å². The molecule has 0 unspecified atom stereocenters. The molecule has 2 aromatic heterocycles. The Bertz CT molecular complexity index is 551. The molecule has 94 valence electrons. The summed E-state index contributed by atoms with van der Waals surface area (Å²) in [5.74, 6) is 0.653. The lowest BCUT2D eigenvalue weighted by molar-refractivity contribution is 0.101. The third-order valence-electron chi connectivity index (χ3n) is 2.25. The van der Waals surface area contributed by atoms with E-state index in [-0.39, 0.29) is 11.5 Å². The van der Waals surface area contributed by atoms with Crippen LogP contribution in [0.15, 0.2) is 39.7 Å². The van der Waals surface area contributed by atoms with Crippen LogP contribution >= 0.6 is 15.9 Å². The maximum absolute atomic E-state index is 12.1. The minimum Gasteiger partial charge on any atom is -0.492 e. The summed E-state index contributed by atoms with van der Waals surface area (Å²) in [5, 5.41) is 0. The first kappa shape index (κ1) is 12.8. The predicted molar refractivity (Wildman–Crippen MR) is 69.9 cm³/mol. The summed E-state index contributed by atoms with van der Waals surface area (Å²) >= 11 is 3.16. The van der Waals surface area contributed by atoms with Crippen molar-refractivity contribution in [1.82, 2.24) is 4.98 Å². The van der Waals surface area contributed by atoms with Gasteiger partial charge in [0.05, 0.1) is 12.8 Å². The minimum atomic E-state index is -0.213.